The zero-order valence-corrected chi connectivity index (χ0v) is 12.6. The Kier molecular flexibility index (Phi) is 3.85. The van der Waals surface area contributed by atoms with Gasteiger partial charge in [-0.1, -0.05) is 31.5 Å². The van der Waals surface area contributed by atoms with Crippen molar-refractivity contribution in [2.75, 3.05) is 7.05 Å². The Labute approximate surface area is 122 Å². The number of thiazole rings is 1. The topological polar surface area (TPSA) is 38.1 Å². The first-order chi connectivity index (χ1) is 9.81. The summed E-state index contributed by atoms with van der Waals surface area (Å²) in [4.78, 5) is 6.08. The number of benzene rings is 1. The van der Waals surface area contributed by atoms with Gasteiger partial charge in [-0.15, -0.1) is 11.3 Å². The highest BCUT2D eigenvalue weighted by Gasteiger charge is 2.14. The Bertz CT molecular complexity index is 658. The van der Waals surface area contributed by atoms with Gasteiger partial charge in [0.2, 0.25) is 0 Å². The van der Waals surface area contributed by atoms with Crippen molar-refractivity contribution in [1.29, 1.82) is 0 Å². The summed E-state index contributed by atoms with van der Waals surface area (Å²) in [6.45, 7) is 3.05. The highest BCUT2D eigenvalue weighted by Crippen LogP contribution is 2.32. The van der Waals surface area contributed by atoms with Gasteiger partial charge >= 0.3 is 0 Å². The molecular formula is C16H18N2OS. The average molecular weight is 286 g/mol. The molecule has 0 saturated heterocycles. The molecule has 3 nitrogen and oxygen atoms in total. The van der Waals surface area contributed by atoms with Crippen LogP contribution in [0.2, 0.25) is 0 Å². The van der Waals surface area contributed by atoms with E-state index in [-0.39, 0.29) is 0 Å². The Hall–Kier alpha value is -1.65. The van der Waals surface area contributed by atoms with E-state index in [2.05, 4.69) is 24.4 Å². The highest BCUT2D eigenvalue weighted by molar-refractivity contribution is 7.15. The summed E-state index contributed by atoms with van der Waals surface area (Å²) >= 11 is 1.73. The molecule has 3 rings (SSSR count). The van der Waals surface area contributed by atoms with E-state index in [1.807, 2.05) is 25.2 Å². The second kappa shape index (κ2) is 5.77. The van der Waals surface area contributed by atoms with Crippen LogP contribution >= 0.6 is 11.3 Å². The molecule has 104 valence electrons. The SMILES string of the molecule is CCCc1nc(-c2cc3ccccc3o2)sc1CNC. The van der Waals surface area contributed by atoms with E-state index >= 15 is 0 Å². The minimum atomic E-state index is 0.868. The first kappa shape index (κ1) is 13.3. The zero-order valence-electron chi connectivity index (χ0n) is 11.8. The quantitative estimate of drug-likeness (QED) is 0.763. The van der Waals surface area contributed by atoms with Crippen molar-refractivity contribution in [3.05, 3.63) is 40.9 Å². The molecule has 4 heteroatoms. The van der Waals surface area contributed by atoms with Gasteiger partial charge in [0, 0.05) is 16.8 Å². The Balaban J connectivity index is 2.02. The largest absolute Gasteiger partial charge is 0.454 e. The molecule has 3 aromatic rings. The van der Waals surface area contributed by atoms with E-state index in [0.29, 0.717) is 0 Å². The number of nitrogens with zero attached hydrogens (tertiary/aromatic N) is 1. The van der Waals surface area contributed by atoms with Crippen molar-refractivity contribution in [2.45, 2.75) is 26.3 Å². The van der Waals surface area contributed by atoms with Gasteiger partial charge in [-0.2, -0.15) is 0 Å². The fourth-order valence-corrected chi connectivity index (χ4v) is 3.38. The van der Waals surface area contributed by atoms with Gasteiger partial charge in [0.25, 0.3) is 0 Å². The smallest absolute Gasteiger partial charge is 0.164 e. The minimum Gasteiger partial charge on any atom is -0.454 e. The van der Waals surface area contributed by atoms with Crippen LogP contribution in [0.3, 0.4) is 0 Å². The highest BCUT2D eigenvalue weighted by atomic mass is 32.1. The summed E-state index contributed by atoms with van der Waals surface area (Å²) in [5.41, 5.74) is 2.12. The molecule has 0 spiro atoms. The molecule has 1 aromatic carbocycles. The average Bonchev–Trinajstić information content (AvgIpc) is 3.04. The molecular weight excluding hydrogens is 268 g/mol. The second-order valence-electron chi connectivity index (χ2n) is 4.82. The molecule has 0 aliphatic heterocycles. The number of hydrogen-bond donors (Lipinski definition) is 1. The predicted molar refractivity (Wildman–Crippen MR) is 84.1 cm³/mol. The van der Waals surface area contributed by atoms with E-state index in [4.69, 9.17) is 9.40 Å². The molecule has 0 aliphatic carbocycles. The number of aryl methyl sites for hydroxylation is 1. The summed E-state index contributed by atoms with van der Waals surface area (Å²) in [5.74, 6) is 0.871. The van der Waals surface area contributed by atoms with Gasteiger partial charge in [-0.3, -0.25) is 0 Å². The van der Waals surface area contributed by atoms with Crippen LogP contribution in [0.1, 0.15) is 23.9 Å². The Morgan fingerprint density at radius 2 is 2.15 bits per heavy atom. The summed E-state index contributed by atoms with van der Waals surface area (Å²) in [6, 6.07) is 10.2. The molecule has 0 fully saturated rings. The first-order valence-electron chi connectivity index (χ1n) is 6.94. The van der Waals surface area contributed by atoms with Crippen LogP contribution in [0.4, 0.5) is 0 Å². The normalized spacial score (nSPS) is 11.3. The van der Waals surface area contributed by atoms with Crippen molar-refractivity contribution in [3.63, 3.8) is 0 Å². The molecule has 0 saturated carbocycles. The van der Waals surface area contributed by atoms with Gasteiger partial charge in [-0.25, -0.2) is 4.98 Å². The summed E-state index contributed by atoms with van der Waals surface area (Å²) in [7, 11) is 1.97. The van der Waals surface area contributed by atoms with Gasteiger partial charge in [0.1, 0.15) is 5.58 Å². The molecule has 1 N–H and O–H groups in total. The maximum atomic E-state index is 5.91. The van der Waals surface area contributed by atoms with Crippen molar-refractivity contribution in [3.8, 4) is 10.8 Å². The molecule has 2 aromatic heterocycles. The first-order valence-corrected chi connectivity index (χ1v) is 7.75. The third kappa shape index (κ3) is 2.49. The molecule has 0 atom stereocenters. The molecule has 0 unspecified atom stereocenters. The van der Waals surface area contributed by atoms with Crippen molar-refractivity contribution in [2.24, 2.45) is 0 Å². The standard InChI is InChI=1S/C16H18N2OS/c1-3-6-12-15(10-17-2)20-16(18-12)14-9-11-7-4-5-8-13(11)19-14/h4-5,7-9,17H,3,6,10H2,1-2H3. The van der Waals surface area contributed by atoms with E-state index in [0.717, 1.165) is 41.1 Å². The van der Waals surface area contributed by atoms with Crippen LogP contribution in [0.5, 0.6) is 0 Å². The minimum absolute atomic E-state index is 0.868. The molecule has 20 heavy (non-hydrogen) atoms. The lowest BCUT2D eigenvalue weighted by molar-refractivity contribution is 0.630. The summed E-state index contributed by atoms with van der Waals surface area (Å²) in [5, 5.41) is 5.32. The van der Waals surface area contributed by atoms with Crippen LogP contribution in [0.25, 0.3) is 21.7 Å². The van der Waals surface area contributed by atoms with Crippen LogP contribution in [0.15, 0.2) is 34.7 Å². The van der Waals surface area contributed by atoms with E-state index < -0.39 is 0 Å². The van der Waals surface area contributed by atoms with E-state index in [9.17, 15) is 0 Å². The maximum Gasteiger partial charge on any atom is 0.164 e. The van der Waals surface area contributed by atoms with Crippen molar-refractivity contribution >= 4 is 22.3 Å². The molecule has 0 aliphatic rings. The number of furan rings is 1. The molecule has 0 radical (unpaired) electrons. The summed E-state index contributed by atoms with van der Waals surface area (Å²) < 4.78 is 5.91. The third-order valence-corrected chi connectivity index (χ3v) is 4.35. The monoisotopic (exact) mass is 286 g/mol. The van der Waals surface area contributed by atoms with Crippen LogP contribution < -0.4 is 5.32 Å². The summed E-state index contributed by atoms with van der Waals surface area (Å²) in [6.07, 6.45) is 2.13. The number of nitrogens with one attached hydrogen (secondary N) is 1. The Morgan fingerprint density at radius 1 is 1.30 bits per heavy atom. The lowest BCUT2D eigenvalue weighted by atomic mass is 10.2. The molecule has 0 bridgehead atoms. The number of fused-ring (bicyclic) bond motifs is 1. The van der Waals surface area contributed by atoms with Crippen LogP contribution in [-0.2, 0) is 13.0 Å². The van der Waals surface area contributed by atoms with Crippen LogP contribution in [0, 0.1) is 0 Å². The van der Waals surface area contributed by atoms with Gasteiger partial charge in [0.15, 0.2) is 10.8 Å². The Morgan fingerprint density at radius 3 is 2.90 bits per heavy atom. The lowest BCUT2D eigenvalue weighted by Crippen LogP contribution is -2.05. The fourth-order valence-electron chi connectivity index (χ4n) is 2.31. The lowest BCUT2D eigenvalue weighted by Gasteiger charge is -1.98. The number of rotatable bonds is 5. The van der Waals surface area contributed by atoms with Crippen molar-refractivity contribution in [1.82, 2.24) is 10.3 Å². The predicted octanol–water partition coefficient (Wildman–Crippen LogP) is 4.23. The fraction of sp³-hybridized carbons (Fsp3) is 0.312. The maximum absolute atomic E-state index is 5.91. The molecule has 0 amide bonds. The number of aromatic nitrogens is 1. The van der Waals surface area contributed by atoms with Gasteiger partial charge in [-0.05, 0) is 25.6 Å². The van der Waals surface area contributed by atoms with Crippen LogP contribution in [-0.4, -0.2) is 12.0 Å². The zero-order chi connectivity index (χ0) is 13.9. The van der Waals surface area contributed by atoms with E-state index in [1.54, 1.807) is 11.3 Å². The van der Waals surface area contributed by atoms with Gasteiger partial charge < -0.3 is 9.73 Å². The third-order valence-electron chi connectivity index (χ3n) is 3.24. The second-order valence-corrected chi connectivity index (χ2v) is 5.90. The number of para-hydroxylation sites is 1. The molecule has 2 heterocycles. The van der Waals surface area contributed by atoms with Gasteiger partial charge in [0.05, 0.1) is 5.69 Å². The van der Waals surface area contributed by atoms with E-state index in [1.165, 1.54) is 10.6 Å². The van der Waals surface area contributed by atoms with Crippen molar-refractivity contribution < 1.29 is 4.42 Å². The number of hydrogen-bond acceptors (Lipinski definition) is 4.